The van der Waals surface area contributed by atoms with Gasteiger partial charge in [0.25, 0.3) is 0 Å². The SMILES string of the molecule is c1cc(-c2cnc(C3CCCN3)[nH]2)ccc1-c1cnc(C2CCCN2)[nH]1. The quantitative estimate of drug-likeness (QED) is 0.583. The van der Waals surface area contributed by atoms with Gasteiger partial charge in [-0.25, -0.2) is 9.97 Å². The zero-order valence-corrected chi connectivity index (χ0v) is 14.8. The molecule has 6 nitrogen and oxygen atoms in total. The van der Waals surface area contributed by atoms with Gasteiger partial charge < -0.3 is 20.6 Å². The topological polar surface area (TPSA) is 81.4 Å². The van der Waals surface area contributed by atoms with E-state index in [1.165, 1.54) is 12.8 Å². The van der Waals surface area contributed by atoms with Crippen LogP contribution in [-0.4, -0.2) is 33.0 Å². The number of hydrogen-bond acceptors (Lipinski definition) is 4. The van der Waals surface area contributed by atoms with Gasteiger partial charge in [0.1, 0.15) is 11.6 Å². The van der Waals surface area contributed by atoms with E-state index < -0.39 is 0 Å². The monoisotopic (exact) mass is 348 g/mol. The van der Waals surface area contributed by atoms with E-state index in [0.717, 1.165) is 60.1 Å². The summed E-state index contributed by atoms with van der Waals surface area (Å²) in [5.41, 5.74) is 4.45. The summed E-state index contributed by atoms with van der Waals surface area (Å²) in [6, 6.07) is 9.31. The van der Waals surface area contributed by atoms with E-state index in [1.807, 2.05) is 12.4 Å². The molecule has 2 unspecified atom stereocenters. The molecule has 2 aromatic heterocycles. The molecule has 2 aliphatic heterocycles. The van der Waals surface area contributed by atoms with Crippen molar-refractivity contribution in [3.63, 3.8) is 0 Å². The zero-order chi connectivity index (χ0) is 17.3. The van der Waals surface area contributed by atoms with Gasteiger partial charge in [0.2, 0.25) is 0 Å². The number of aromatic amines is 2. The summed E-state index contributed by atoms with van der Waals surface area (Å²) in [4.78, 5) is 16.1. The first kappa shape index (κ1) is 15.8. The molecule has 134 valence electrons. The molecule has 0 radical (unpaired) electrons. The number of benzene rings is 1. The van der Waals surface area contributed by atoms with Crippen LogP contribution in [0.4, 0.5) is 0 Å². The van der Waals surface area contributed by atoms with Gasteiger partial charge in [0.05, 0.1) is 35.9 Å². The van der Waals surface area contributed by atoms with Crippen molar-refractivity contribution in [3.8, 4) is 22.5 Å². The Morgan fingerprint density at radius 2 is 1.15 bits per heavy atom. The lowest BCUT2D eigenvalue weighted by Gasteiger charge is -2.06. The molecule has 0 saturated carbocycles. The van der Waals surface area contributed by atoms with Gasteiger partial charge in [0.15, 0.2) is 0 Å². The molecule has 6 heteroatoms. The molecule has 2 aliphatic rings. The molecule has 2 saturated heterocycles. The first-order valence-corrected chi connectivity index (χ1v) is 9.54. The van der Waals surface area contributed by atoms with Gasteiger partial charge in [0, 0.05) is 0 Å². The summed E-state index contributed by atoms with van der Waals surface area (Å²) in [5.74, 6) is 2.09. The van der Waals surface area contributed by atoms with Crippen LogP contribution >= 0.6 is 0 Å². The predicted molar refractivity (Wildman–Crippen MR) is 102 cm³/mol. The van der Waals surface area contributed by atoms with Crippen molar-refractivity contribution in [2.75, 3.05) is 13.1 Å². The number of imidazole rings is 2. The van der Waals surface area contributed by atoms with Gasteiger partial charge in [-0.1, -0.05) is 24.3 Å². The number of rotatable bonds is 4. The fraction of sp³-hybridized carbons (Fsp3) is 0.400. The molecule has 0 bridgehead atoms. The van der Waals surface area contributed by atoms with E-state index in [1.54, 1.807) is 0 Å². The molecular weight excluding hydrogens is 324 g/mol. The third-order valence-electron chi connectivity index (χ3n) is 5.48. The van der Waals surface area contributed by atoms with Crippen LogP contribution in [0, 0.1) is 0 Å². The van der Waals surface area contributed by atoms with E-state index in [2.05, 4.69) is 54.8 Å². The van der Waals surface area contributed by atoms with Crippen molar-refractivity contribution in [2.45, 2.75) is 37.8 Å². The number of nitrogens with one attached hydrogen (secondary N) is 4. The van der Waals surface area contributed by atoms with E-state index in [9.17, 15) is 0 Å². The van der Waals surface area contributed by atoms with Crippen LogP contribution in [0.25, 0.3) is 22.5 Å². The largest absolute Gasteiger partial charge is 0.341 e. The Bertz CT molecular complexity index is 793. The van der Waals surface area contributed by atoms with Gasteiger partial charge in [-0.15, -0.1) is 0 Å². The average Bonchev–Trinajstić information content (AvgIpc) is 3.49. The second-order valence-corrected chi connectivity index (χ2v) is 7.24. The highest BCUT2D eigenvalue weighted by molar-refractivity contribution is 5.66. The summed E-state index contributed by atoms with van der Waals surface area (Å²) in [5, 5.41) is 6.97. The minimum absolute atomic E-state index is 0.371. The van der Waals surface area contributed by atoms with Crippen LogP contribution in [0.2, 0.25) is 0 Å². The predicted octanol–water partition coefficient (Wildman–Crippen LogP) is 3.32. The molecule has 0 spiro atoms. The highest BCUT2D eigenvalue weighted by Crippen LogP contribution is 2.27. The molecule has 1 aromatic carbocycles. The van der Waals surface area contributed by atoms with Gasteiger partial charge in [-0.05, 0) is 49.9 Å². The molecule has 0 aliphatic carbocycles. The van der Waals surface area contributed by atoms with Gasteiger partial charge >= 0.3 is 0 Å². The van der Waals surface area contributed by atoms with Crippen molar-refractivity contribution < 1.29 is 0 Å². The number of H-pyrrole nitrogens is 2. The van der Waals surface area contributed by atoms with Crippen molar-refractivity contribution in [1.29, 1.82) is 0 Å². The minimum atomic E-state index is 0.371. The molecule has 0 amide bonds. The van der Waals surface area contributed by atoms with Crippen LogP contribution < -0.4 is 10.6 Å². The minimum Gasteiger partial charge on any atom is -0.341 e. The van der Waals surface area contributed by atoms with E-state index in [-0.39, 0.29) is 0 Å². The Morgan fingerprint density at radius 1 is 0.692 bits per heavy atom. The fourth-order valence-electron chi connectivity index (χ4n) is 3.99. The smallest absolute Gasteiger partial charge is 0.123 e. The summed E-state index contributed by atoms with van der Waals surface area (Å²) < 4.78 is 0. The number of nitrogens with zero attached hydrogens (tertiary/aromatic N) is 2. The average molecular weight is 348 g/mol. The fourth-order valence-corrected chi connectivity index (χ4v) is 3.99. The molecule has 2 fully saturated rings. The maximum Gasteiger partial charge on any atom is 0.123 e. The highest BCUT2D eigenvalue weighted by Gasteiger charge is 2.20. The van der Waals surface area contributed by atoms with E-state index in [0.29, 0.717) is 12.1 Å². The van der Waals surface area contributed by atoms with Crippen LogP contribution in [-0.2, 0) is 0 Å². The standard InChI is InChI=1S/C20H24N6/c1-3-15(21-9-1)19-23-11-17(25-19)13-5-7-14(8-6-13)18-12-24-20(26-18)16-4-2-10-22-16/h5-8,11-12,15-16,21-22H,1-4,9-10H2,(H,23,25)(H,24,26). The van der Waals surface area contributed by atoms with Crippen LogP contribution in [0.3, 0.4) is 0 Å². The third kappa shape index (κ3) is 2.95. The molecular formula is C20H24N6. The number of hydrogen-bond donors (Lipinski definition) is 4. The van der Waals surface area contributed by atoms with E-state index >= 15 is 0 Å². The Balaban J connectivity index is 1.34. The maximum atomic E-state index is 4.56. The van der Waals surface area contributed by atoms with Crippen molar-refractivity contribution in [3.05, 3.63) is 48.3 Å². The Labute approximate surface area is 152 Å². The Hall–Kier alpha value is -2.44. The third-order valence-corrected chi connectivity index (χ3v) is 5.48. The first-order chi connectivity index (χ1) is 12.9. The Kier molecular flexibility index (Phi) is 4.07. The summed E-state index contributed by atoms with van der Waals surface area (Å²) in [6.07, 6.45) is 8.62. The van der Waals surface area contributed by atoms with Crippen molar-refractivity contribution >= 4 is 0 Å². The van der Waals surface area contributed by atoms with Crippen LogP contribution in [0.5, 0.6) is 0 Å². The van der Waals surface area contributed by atoms with Crippen molar-refractivity contribution in [2.24, 2.45) is 0 Å². The maximum absolute atomic E-state index is 4.56. The normalized spacial score (nSPS) is 22.9. The molecule has 2 atom stereocenters. The molecule has 26 heavy (non-hydrogen) atoms. The summed E-state index contributed by atoms with van der Waals surface area (Å²) in [7, 11) is 0. The first-order valence-electron chi connectivity index (χ1n) is 9.54. The van der Waals surface area contributed by atoms with E-state index in [4.69, 9.17) is 0 Å². The number of aromatic nitrogens is 4. The van der Waals surface area contributed by atoms with Gasteiger partial charge in [-0.3, -0.25) is 0 Å². The molecule has 5 rings (SSSR count). The Morgan fingerprint density at radius 3 is 1.54 bits per heavy atom. The van der Waals surface area contributed by atoms with Gasteiger partial charge in [-0.2, -0.15) is 0 Å². The lowest BCUT2D eigenvalue weighted by molar-refractivity contribution is 0.613. The second kappa shape index (κ2) is 6.70. The summed E-state index contributed by atoms with van der Waals surface area (Å²) in [6.45, 7) is 2.16. The summed E-state index contributed by atoms with van der Waals surface area (Å²) >= 11 is 0. The second-order valence-electron chi connectivity index (χ2n) is 7.24. The van der Waals surface area contributed by atoms with Crippen molar-refractivity contribution in [1.82, 2.24) is 30.6 Å². The molecule has 3 aromatic rings. The van der Waals surface area contributed by atoms with Crippen LogP contribution in [0.1, 0.15) is 49.4 Å². The van der Waals surface area contributed by atoms with Crippen LogP contribution in [0.15, 0.2) is 36.7 Å². The lowest BCUT2D eigenvalue weighted by Crippen LogP contribution is -2.14. The molecule has 4 N–H and O–H groups in total. The molecule has 4 heterocycles. The zero-order valence-electron chi connectivity index (χ0n) is 14.8. The highest BCUT2D eigenvalue weighted by atomic mass is 15.0. The lowest BCUT2D eigenvalue weighted by atomic mass is 10.1.